The number of rotatable bonds is 7. The van der Waals surface area contributed by atoms with Crippen LogP contribution in [0, 0.1) is 5.82 Å². The fraction of sp³-hybridized carbons (Fsp3) is 0.625. The summed E-state index contributed by atoms with van der Waals surface area (Å²) in [6, 6.07) is 5.37. The molecule has 0 spiro atoms. The summed E-state index contributed by atoms with van der Waals surface area (Å²) in [7, 11) is 0. The molecule has 1 atom stereocenters. The molecule has 2 rings (SSSR count). The van der Waals surface area contributed by atoms with Crippen molar-refractivity contribution >= 4 is 27.7 Å². The van der Waals surface area contributed by atoms with Gasteiger partial charge < -0.3 is 5.32 Å². The second-order valence-electron chi connectivity index (χ2n) is 5.43. The molecule has 0 radical (unpaired) electrons. The van der Waals surface area contributed by atoms with Crippen LogP contribution in [0.1, 0.15) is 38.2 Å². The highest BCUT2D eigenvalue weighted by atomic mass is 79.9. The molecule has 0 aromatic heterocycles. The zero-order valence-electron chi connectivity index (χ0n) is 12.0. The van der Waals surface area contributed by atoms with E-state index in [1.54, 1.807) is 12.1 Å². The molecule has 1 aromatic carbocycles. The first-order valence-corrected chi connectivity index (χ1v) is 9.32. The Bertz CT molecular complexity index is 421. The third-order valence-corrected chi connectivity index (χ3v) is 6.11. The molecule has 1 aliphatic rings. The van der Waals surface area contributed by atoms with Gasteiger partial charge in [-0.3, -0.25) is 0 Å². The van der Waals surface area contributed by atoms with Crippen LogP contribution in [0.25, 0.3) is 0 Å². The molecular weight excluding hydrogens is 337 g/mol. The molecule has 1 unspecified atom stereocenters. The van der Waals surface area contributed by atoms with Gasteiger partial charge in [-0.05, 0) is 49.6 Å². The average molecular weight is 360 g/mol. The van der Waals surface area contributed by atoms with E-state index < -0.39 is 0 Å². The Hall–Kier alpha value is -0.0600. The van der Waals surface area contributed by atoms with Crippen LogP contribution in [0.4, 0.5) is 4.39 Å². The lowest BCUT2D eigenvalue weighted by Gasteiger charge is -2.20. The highest BCUT2D eigenvalue weighted by Gasteiger charge is 2.18. The van der Waals surface area contributed by atoms with Gasteiger partial charge in [0, 0.05) is 21.5 Å². The van der Waals surface area contributed by atoms with E-state index in [0.29, 0.717) is 6.04 Å². The van der Waals surface area contributed by atoms with Gasteiger partial charge in [0.05, 0.1) is 0 Å². The summed E-state index contributed by atoms with van der Waals surface area (Å²) in [5.74, 6) is 0.962. The molecule has 0 amide bonds. The number of halogens is 2. The van der Waals surface area contributed by atoms with Gasteiger partial charge in [0.25, 0.3) is 0 Å². The van der Waals surface area contributed by atoms with Crippen molar-refractivity contribution < 1.29 is 4.39 Å². The van der Waals surface area contributed by atoms with E-state index in [0.717, 1.165) is 34.0 Å². The van der Waals surface area contributed by atoms with E-state index in [4.69, 9.17) is 0 Å². The Balaban J connectivity index is 1.91. The van der Waals surface area contributed by atoms with Gasteiger partial charge in [0.15, 0.2) is 0 Å². The molecule has 0 saturated heterocycles. The molecule has 1 N–H and O–H groups in total. The van der Waals surface area contributed by atoms with Crippen LogP contribution >= 0.6 is 27.7 Å². The molecule has 1 aromatic rings. The second-order valence-corrected chi connectivity index (χ2v) is 7.62. The second kappa shape index (κ2) is 8.40. The van der Waals surface area contributed by atoms with E-state index >= 15 is 0 Å². The van der Waals surface area contributed by atoms with E-state index in [2.05, 4.69) is 39.9 Å². The number of likely N-dealkylation sites (N-methyl/N-ethyl adjacent to an activating group) is 1. The molecular formula is C16H23BrFNS. The minimum Gasteiger partial charge on any atom is -0.313 e. The smallest absolute Gasteiger partial charge is 0.123 e. The van der Waals surface area contributed by atoms with Crippen molar-refractivity contribution in [2.75, 3.05) is 12.3 Å². The molecule has 1 nitrogen and oxygen atoms in total. The van der Waals surface area contributed by atoms with Crippen molar-refractivity contribution in [2.45, 2.75) is 50.3 Å². The molecule has 1 aliphatic carbocycles. The third kappa shape index (κ3) is 5.05. The zero-order valence-corrected chi connectivity index (χ0v) is 14.4. The van der Waals surface area contributed by atoms with Crippen molar-refractivity contribution in [3.63, 3.8) is 0 Å². The number of nitrogens with one attached hydrogen (secondary N) is 1. The van der Waals surface area contributed by atoms with Crippen LogP contribution in [0.3, 0.4) is 0 Å². The Morgan fingerprint density at radius 3 is 2.85 bits per heavy atom. The predicted molar refractivity (Wildman–Crippen MR) is 90.0 cm³/mol. The van der Waals surface area contributed by atoms with Gasteiger partial charge in [-0.1, -0.05) is 35.7 Å². The van der Waals surface area contributed by atoms with Gasteiger partial charge in [-0.2, -0.15) is 11.8 Å². The van der Waals surface area contributed by atoms with Gasteiger partial charge in [0.2, 0.25) is 0 Å². The topological polar surface area (TPSA) is 12.0 Å². The summed E-state index contributed by atoms with van der Waals surface area (Å²) >= 11 is 5.62. The van der Waals surface area contributed by atoms with E-state index in [9.17, 15) is 4.39 Å². The quantitative estimate of drug-likeness (QED) is 0.751. The molecule has 4 heteroatoms. The third-order valence-electron chi connectivity index (χ3n) is 3.80. The fourth-order valence-corrected chi connectivity index (χ4v) is 4.57. The van der Waals surface area contributed by atoms with Crippen LogP contribution in [-0.2, 0) is 6.42 Å². The average Bonchev–Trinajstić information content (AvgIpc) is 2.93. The molecule has 1 fully saturated rings. The van der Waals surface area contributed by atoms with Gasteiger partial charge >= 0.3 is 0 Å². The lowest BCUT2D eigenvalue weighted by Crippen LogP contribution is -2.34. The number of benzene rings is 1. The molecule has 0 aliphatic heterocycles. The van der Waals surface area contributed by atoms with Crippen LogP contribution < -0.4 is 5.32 Å². The lowest BCUT2D eigenvalue weighted by molar-refractivity contribution is 0.566. The molecule has 0 heterocycles. The van der Waals surface area contributed by atoms with Gasteiger partial charge in [0.1, 0.15) is 5.82 Å². The van der Waals surface area contributed by atoms with Gasteiger partial charge in [-0.15, -0.1) is 0 Å². The van der Waals surface area contributed by atoms with E-state index in [1.807, 2.05) is 0 Å². The van der Waals surface area contributed by atoms with Crippen LogP contribution in [0.5, 0.6) is 0 Å². The van der Waals surface area contributed by atoms with Crippen molar-refractivity contribution in [3.8, 4) is 0 Å². The minimum absolute atomic E-state index is 0.151. The van der Waals surface area contributed by atoms with Crippen LogP contribution in [0.2, 0.25) is 0 Å². The Morgan fingerprint density at radius 2 is 2.15 bits per heavy atom. The van der Waals surface area contributed by atoms with Crippen LogP contribution in [0.15, 0.2) is 22.7 Å². The van der Waals surface area contributed by atoms with E-state index in [-0.39, 0.29) is 5.82 Å². The summed E-state index contributed by atoms with van der Waals surface area (Å²) in [6.45, 7) is 3.09. The normalized spacial score (nSPS) is 17.6. The lowest BCUT2D eigenvalue weighted by atomic mass is 10.1. The molecule has 0 bridgehead atoms. The zero-order chi connectivity index (χ0) is 14.4. The predicted octanol–water partition coefficient (Wildman–Crippen LogP) is 4.78. The molecule has 1 saturated carbocycles. The first-order valence-electron chi connectivity index (χ1n) is 7.48. The number of thioether (sulfide) groups is 1. The highest BCUT2D eigenvalue weighted by molar-refractivity contribution is 9.10. The summed E-state index contributed by atoms with van der Waals surface area (Å²) in [4.78, 5) is 0. The maximum Gasteiger partial charge on any atom is 0.123 e. The fourth-order valence-electron chi connectivity index (χ4n) is 2.75. The summed E-state index contributed by atoms with van der Waals surface area (Å²) in [6.07, 6.45) is 6.39. The van der Waals surface area contributed by atoms with Crippen LogP contribution in [-0.4, -0.2) is 23.6 Å². The Labute approximate surface area is 134 Å². The monoisotopic (exact) mass is 359 g/mol. The van der Waals surface area contributed by atoms with Crippen molar-refractivity contribution in [1.29, 1.82) is 0 Å². The first kappa shape index (κ1) is 16.3. The highest BCUT2D eigenvalue weighted by Crippen LogP contribution is 2.30. The van der Waals surface area contributed by atoms with Crippen molar-refractivity contribution in [3.05, 3.63) is 34.1 Å². The van der Waals surface area contributed by atoms with E-state index in [1.165, 1.54) is 31.7 Å². The summed E-state index contributed by atoms with van der Waals surface area (Å²) < 4.78 is 14.4. The maximum absolute atomic E-state index is 13.4. The Kier molecular flexibility index (Phi) is 6.85. The maximum atomic E-state index is 13.4. The number of hydrogen-bond donors (Lipinski definition) is 1. The van der Waals surface area contributed by atoms with Crippen molar-refractivity contribution in [2.24, 2.45) is 0 Å². The minimum atomic E-state index is -0.151. The molecule has 112 valence electrons. The molecule has 20 heavy (non-hydrogen) atoms. The van der Waals surface area contributed by atoms with Crippen molar-refractivity contribution in [1.82, 2.24) is 5.32 Å². The summed E-state index contributed by atoms with van der Waals surface area (Å²) in [5.41, 5.74) is 1.06. The standard InChI is InChI=1S/C16H23BrFNS/c1-2-19-14(11-20-15-5-3-4-6-15)10-12-9-13(18)7-8-16(12)17/h7-9,14-15,19H,2-6,10-11H2,1H3. The SMILES string of the molecule is CCNC(CSC1CCCC1)Cc1cc(F)ccc1Br. The van der Waals surface area contributed by atoms with Gasteiger partial charge in [-0.25, -0.2) is 4.39 Å². The first-order chi connectivity index (χ1) is 9.69. The Morgan fingerprint density at radius 1 is 1.40 bits per heavy atom. The number of hydrogen-bond acceptors (Lipinski definition) is 2. The largest absolute Gasteiger partial charge is 0.313 e. The summed E-state index contributed by atoms with van der Waals surface area (Å²) in [5, 5.41) is 4.38.